The molecular formula is C11H13Cl2NO4S. The van der Waals surface area contributed by atoms with Crippen molar-refractivity contribution >= 4 is 39.2 Å². The first-order chi connectivity index (χ1) is 8.65. The molecule has 106 valence electrons. The molecule has 1 aromatic carbocycles. The summed E-state index contributed by atoms with van der Waals surface area (Å²) < 4.78 is 26.2. The van der Waals surface area contributed by atoms with Gasteiger partial charge in [-0.15, -0.1) is 0 Å². The van der Waals surface area contributed by atoms with Crippen LogP contribution in [-0.2, 0) is 14.8 Å². The summed E-state index contributed by atoms with van der Waals surface area (Å²) in [7, 11) is -3.96. The van der Waals surface area contributed by atoms with Crippen molar-refractivity contribution in [3.05, 3.63) is 28.2 Å². The van der Waals surface area contributed by atoms with Crippen LogP contribution in [0.2, 0.25) is 10.0 Å². The lowest BCUT2D eigenvalue weighted by Gasteiger charge is -2.18. The summed E-state index contributed by atoms with van der Waals surface area (Å²) in [6.45, 7) is 3.21. The Kier molecular flexibility index (Phi) is 5.20. The predicted molar refractivity (Wildman–Crippen MR) is 73.0 cm³/mol. The highest BCUT2D eigenvalue weighted by molar-refractivity contribution is 7.89. The molecule has 5 nitrogen and oxygen atoms in total. The maximum absolute atomic E-state index is 12.0. The monoisotopic (exact) mass is 325 g/mol. The zero-order valence-corrected chi connectivity index (χ0v) is 12.6. The van der Waals surface area contributed by atoms with Crippen molar-refractivity contribution in [1.29, 1.82) is 0 Å². The van der Waals surface area contributed by atoms with E-state index in [1.807, 2.05) is 0 Å². The van der Waals surface area contributed by atoms with Crippen molar-refractivity contribution in [3.8, 4) is 0 Å². The van der Waals surface area contributed by atoms with Crippen LogP contribution >= 0.6 is 23.2 Å². The zero-order valence-electron chi connectivity index (χ0n) is 10.2. The summed E-state index contributed by atoms with van der Waals surface area (Å²) in [4.78, 5) is 10.9. The minimum atomic E-state index is -3.96. The highest BCUT2D eigenvalue weighted by Gasteiger charge is 2.28. The Morgan fingerprint density at radius 3 is 2.26 bits per heavy atom. The van der Waals surface area contributed by atoms with Gasteiger partial charge < -0.3 is 5.11 Å². The van der Waals surface area contributed by atoms with E-state index in [-0.39, 0.29) is 14.9 Å². The molecule has 0 aliphatic heterocycles. The van der Waals surface area contributed by atoms with Gasteiger partial charge in [-0.05, 0) is 24.1 Å². The predicted octanol–water partition coefficient (Wildman–Crippen LogP) is 2.38. The number of nitrogens with one attached hydrogen (secondary N) is 1. The highest BCUT2D eigenvalue weighted by atomic mass is 35.5. The molecule has 0 unspecified atom stereocenters. The molecule has 0 saturated carbocycles. The number of aliphatic carboxylic acids is 1. The van der Waals surface area contributed by atoms with Crippen LogP contribution in [0.1, 0.15) is 13.8 Å². The first-order valence-electron chi connectivity index (χ1n) is 5.35. The number of benzene rings is 1. The molecule has 0 saturated heterocycles. The van der Waals surface area contributed by atoms with Gasteiger partial charge in [-0.25, -0.2) is 8.42 Å². The molecule has 0 radical (unpaired) electrons. The summed E-state index contributed by atoms with van der Waals surface area (Å²) >= 11 is 11.4. The SMILES string of the molecule is CC(C)[C@H](NS(=O)(=O)c1ccc(Cl)c(Cl)c1)C(=O)O. The molecule has 1 rings (SSSR count). The number of carboxylic acids is 1. The van der Waals surface area contributed by atoms with Gasteiger partial charge in [-0.1, -0.05) is 37.0 Å². The molecule has 8 heteroatoms. The maximum Gasteiger partial charge on any atom is 0.322 e. The van der Waals surface area contributed by atoms with Crippen LogP contribution in [-0.4, -0.2) is 25.5 Å². The van der Waals surface area contributed by atoms with Crippen molar-refractivity contribution in [3.63, 3.8) is 0 Å². The van der Waals surface area contributed by atoms with E-state index in [1.54, 1.807) is 13.8 Å². The largest absolute Gasteiger partial charge is 0.480 e. The van der Waals surface area contributed by atoms with Crippen LogP contribution in [0, 0.1) is 5.92 Å². The molecule has 0 heterocycles. The van der Waals surface area contributed by atoms with Gasteiger partial charge in [0.1, 0.15) is 6.04 Å². The van der Waals surface area contributed by atoms with Crippen molar-refractivity contribution in [2.24, 2.45) is 5.92 Å². The van der Waals surface area contributed by atoms with E-state index in [4.69, 9.17) is 28.3 Å². The molecule has 0 aliphatic rings. The summed E-state index contributed by atoms with van der Waals surface area (Å²) in [5, 5.41) is 9.28. The summed E-state index contributed by atoms with van der Waals surface area (Å²) in [5.74, 6) is -1.63. The van der Waals surface area contributed by atoms with Crippen molar-refractivity contribution in [2.75, 3.05) is 0 Å². The van der Waals surface area contributed by atoms with Gasteiger partial charge in [-0.2, -0.15) is 4.72 Å². The first kappa shape index (κ1) is 16.2. The summed E-state index contributed by atoms with van der Waals surface area (Å²) in [5.41, 5.74) is 0. The van der Waals surface area contributed by atoms with Gasteiger partial charge in [0, 0.05) is 0 Å². The third-order valence-electron chi connectivity index (χ3n) is 2.42. The van der Waals surface area contributed by atoms with E-state index in [0.29, 0.717) is 0 Å². The lowest BCUT2D eigenvalue weighted by molar-refractivity contribution is -0.140. The molecular weight excluding hydrogens is 313 g/mol. The lowest BCUT2D eigenvalue weighted by atomic mass is 10.1. The Bertz CT molecular complexity index is 586. The van der Waals surface area contributed by atoms with E-state index in [1.165, 1.54) is 18.2 Å². The number of halogens is 2. The number of hydrogen-bond acceptors (Lipinski definition) is 3. The van der Waals surface area contributed by atoms with Crippen molar-refractivity contribution < 1.29 is 18.3 Å². The second-order valence-corrected chi connectivity index (χ2v) is 6.79. The fourth-order valence-corrected chi connectivity index (χ4v) is 3.08. The van der Waals surface area contributed by atoms with Gasteiger partial charge in [0.25, 0.3) is 0 Å². The van der Waals surface area contributed by atoms with Gasteiger partial charge in [0.05, 0.1) is 14.9 Å². The van der Waals surface area contributed by atoms with Gasteiger partial charge in [0.15, 0.2) is 0 Å². The molecule has 1 aromatic rings. The Morgan fingerprint density at radius 1 is 1.26 bits per heavy atom. The minimum Gasteiger partial charge on any atom is -0.480 e. The number of carboxylic acid groups (broad SMARTS) is 1. The molecule has 19 heavy (non-hydrogen) atoms. The quantitative estimate of drug-likeness (QED) is 0.870. The minimum absolute atomic E-state index is 0.0842. The fourth-order valence-electron chi connectivity index (χ4n) is 1.35. The normalized spacial score (nSPS) is 13.5. The van der Waals surface area contributed by atoms with Crippen LogP contribution in [0.5, 0.6) is 0 Å². The van der Waals surface area contributed by atoms with Gasteiger partial charge in [0.2, 0.25) is 10.0 Å². The second-order valence-electron chi connectivity index (χ2n) is 4.26. The van der Waals surface area contributed by atoms with Gasteiger partial charge >= 0.3 is 5.97 Å². The number of sulfonamides is 1. The van der Waals surface area contributed by atoms with Crippen LogP contribution in [0.25, 0.3) is 0 Å². The Balaban J connectivity index is 3.10. The summed E-state index contributed by atoms with van der Waals surface area (Å²) in [6.07, 6.45) is 0. The first-order valence-corrected chi connectivity index (χ1v) is 7.59. The van der Waals surface area contributed by atoms with E-state index in [2.05, 4.69) is 4.72 Å². The average molecular weight is 326 g/mol. The molecule has 0 aromatic heterocycles. The van der Waals surface area contributed by atoms with E-state index < -0.39 is 28.0 Å². The fraction of sp³-hybridized carbons (Fsp3) is 0.364. The molecule has 0 fully saturated rings. The number of hydrogen-bond donors (Lipinski definition) is 2. The average Bonchev–Trinajstić information content (AvgIpc) is 2.28. The van der Waals surface area contributed by atoms with Crippen LogP contribution < -0.4 is 4.72 Å². The molecule has 2 N–H and O–H groups in total. The molecule has 0 amide bonds. The molecule has 0 aliphatic carbocycles. The van der Waals surface area contributed by atoms with Crippen LogP contribution in [0.4, 0.5) is 0 Å². The zero-order chi connectivity index (χ0) is 14.8. The van der Waals surface area contributed by atoms with Gasteiger partial charge in [-0.3, -0.25) is 4.79 Å². The van der Waals surface area contributed by atoms with Crippen LogP contribution in [0.15, 0.2) is 23.1 Å². The Hall–Kier alpha value is -0.820. The molecule has 0 bridgehead atoms. The van der Waals surface area contributed by atoms with E-state index in [9.17, 15) is 13.2 Å². The number of rotatable bonds is 5. The lowest BCUT2D eigenvalue weighted by Crippen LogP contribution is -2.44. The smallest absolute Gasteiger partial charge is 0.322 e. The molecule has 0 spiro atoms. The third kappa shape index (κ3) is 4.07. The van der Waals surface area contributed by atoms with Crippen molar-refractivity contribution in [1.82, 2.24) is 4.72 Å². The standard InChI is InChI=1S/C11H13Cl2NO4S/c1-6(2)10(11(15)16)14-19(17,18)7-3-4-8(12)9(13)5-7/h3-6,10,14H,1-2H3,(H,15,16)/t10-/m0/s1. The number of carbonyl (C=O) groups is 1. The maximum atomic E-state index is 12.0. The van der Waals surface area contributed by atoms with Crippen LogP contribution in [0.3, 0.4) is 0 Å². The Morgan fingerprint density at radius 2 is 1.84 bits per heavy atom. The summed E-state index contributed by atoms with van der Waals surface area (Å²) in [6, 6.07) is 2.56. The highest BCUT2D eigenvalue weighted by Crippen LogP contribution is 2.25. The molecule has 1 atom stereocenters. The van der Waals surface area contributed by atoms with Crippen molar-refractivity contribution in [2.45, 2.75) is 24.8 Å². The topological polar surface area (TPSA) is 83.5 Å². The third-order valence-corrected chi connectivity index (χ3v) is 4.59. The van der Waals surface area contributed by atoms with E-state index in [0.717, 1.165) is 0 Å². The second kappa shape index (κ2) is 6.09. The van der Waals surface area contributed by atoms with E-state index >= 15 is 0 Å². The Labute approximate surface area is 121 Å².